The zero-order valence-electron chi connectivity index (χ0n) is 8.86. The molecule has 0 aliphatic carbocycles. The molecule has 3 nitrogen and oxygen atoms in total. The molecule has 2 amide bonds. The maximum Gasteiger partial charge on any atom is 0.257 e. The van der Waals surface area contributed by atoms with Crippen LogP contribution in [0.1, 0.15) is 15.9 Å². The van der Waals surface area contributed by atoms with E-state index in [-0.39, 0.29) is 5.91 Å². The zero-order chi connectivity index (χ0) is 11.5. The molecule has 1 N–H and O–H groups in total. The molecule has 0 aliphatic rings. The summed E-state index contributed by atoms with van der Waals surface area (Å²) in [4.78, 5) is 21.8. The maximum absolute atomic E-state index is 11.6. The van der Waals surface area contributed by atoms with Crippen LogP contribution in [0.4, 0.5) is 0 Å². The van der Waals surface area contributed by atoms with Crippen molar-refractivity contribution >= 4 is 23.1 Å². The van der Waals surface area contributed by atoms with E-state index in [9.17, 15) is 9.59 Å². The Labute approximate surface area is 93.1 Å². The Morgan fingerprint density at radius 2 is 1.81 bits per heavy atom. The van der Waals surface area contributed by atoms with Crippen molar-refractivity contribution in [2.24, 2.45) is 0 Å². The van der Waals surface area contributed by atoms with Gasteiger partial charge in [-0.1, -0.05) is 30.3 Å². The Bertz CT molecular complexity index is 561. The van der Waals surface area contributed by atoms with E-state index in [0.29, 0.717) is 12.0 Å². The van der Waals surface area contributed by atoms with Crippen LogP contribution in [0.25, 0.3) is 10.8 Å². The standard InChI is InChI=1S/C13H11NO2/c1-9-6-10-4-2-3-5-11(10)7-12(9)13(16)14-8-15/h2-8H,1H3,(H,14,15,16). The van der Waals surface area contributed by atoms with Crippen molar-refractivity contribution in [1.29, 1.82) is 0 Å². The molecule has 0 fully saturated rings. The summed E-state index contributed by atoms with van der Waals surface area (Å²) in [6, 6.07) is 11.5. The molecule has 0 atom stereocenters. The molecule has 3 heteroatoms. The molecule has 0 unspecified atom stereocenters. The lowest BCUT2D eigenvalue weighted by Gasteiger charge is -2.06. The van der Waals surface area contributed by atoms with Crippen LogP contribution < -0.4 is 5.32 Å². The van der Waals surface area contributed by atoms with Crippen LogP contribution in [-0.4, -0.2) is 12.3 Å². The van der Waals surface area contributed by atoms with Crippen LogP contribution >= 0.6 is 0 Å². The average molecular weight is 213 g/mol. The Hall–Kier alpha value is -2.16. The fourth-order valence-corrected chi connectivity index (χ4v) is 1.73. The Balaban J connectivity index is 2.58. The van der Waals surface area contributed by atoms with E-state index in [1.54, 1.807) is 6.07 Å². The summed E-state index contributed by atoms with van der Waals surface area (Å²) >= 11 is 0. The summed E-state index contributed by atoms with van der Waals surface area (Å²) in [6.07, 6.45) is 0.400. The topological polar surface area (TPSA) is 46.2 Å². The lowest BCUT2D eigenvalue weighted by atomic mass is 10.0. The fraction of sp³-hybridized carbons (Fsp3) is 0.0769. The lowest BCUT2D eigenvalue weighted by molar-refractivity contribution is -0.108. The minimum absolute atomic E-state index is 0.363. The van der Waals surface area contributed by atoms with E-state index in [4.69, 9.17) is 0 Å². The smallest absolute Gasteiger partial charge is 0.257 e. The van der Waals surface area contributed by atoms with E-state index in [2.05, 4.69) is 5.32 Å². The molecule has 0 radical (unpaired) electrons. The number of amides is 2. The normalized spacial score (nSPS) is 10.1. The first kappa shape index (κ1) is 10.4. The van der Waals surface area contributed by atoms with Gasteiger partial charge in [-0.2, -0.15) is 0 Å². The summed E-state index contributed by atoms with van der Waals surface area (Å²) in [5.41, 5.74) is 1.39. The van der Waals surface area contributed by atoms with Crippen LogP contribution in [0.3, 0.4) is 0 Å². The van der Waals surface area contributed by atoms with Crippen molar-refractivity contribution in [3.8, 4) is 0 Å². The highest BCUT2D eigenvalue weighted by Gasteiger charge is 2.08. The van der Waals surface area contributed by atoms with E-state index in [0.717, 1.165) is 16.3 Å². The highest BCUT2D eigenvalue weighted by atomic mass is 16.2. The number of hydrogen-bond donors (Lipinski definition) is 1. The van der Waals surface area contributed by atoms with Gasteiger partial charge in [-0.05, 0) is 29.3 Å². The molecule has 0 spiro atoms. The average Bonchev–Trinajstić information content (AvgIpc) is 2.28. The molecular weight excluding hydrogens is 202 g/mol. The Kier molecular flexibility index (Phi) is 2.68. The third kappa shape index (κ3) is 1.80. The van der Waals surface area contributed by atoms with E-state index < -0.39 is 0 Å². The van der Waals surface area contributed by atoms with Gasteiger partial charge in [-0.3, -0.25) is 14.9 Å². The van der Waals surface area contributed by atoms with Crippen LogP contribution in [0.5, 0.6) is 0 Å². The molecule has 0 heterocycles. The number of benzene rings is 2. The van der Waals surface area contributed by atoms with E-state index in [1.807, 2.05) is 37.3 Å². The minimum atomic E-state index is -0.363. The Morgan fingerprint density at radius 1 is 1.19 bits per heavy atom. The summed E-state index contributed by atoms with van der Waals surface area (Å²) in [6.45, 7) is 1.85. The van der Waals surface area contributed by atoms with Gasteiger partial charge in [0.2, 0.25) is 6.41 Å². The first-order valence-corrected chi connectivity index (χ1v) is 4.96. The van der Waals surface area contributed by atoms with E-state index >= 15 is 0 Å². The summed E-state index contributed by atoms with van der Waals surface area (Å²) in [5, 5.41) is 4.22. The molecule has 2 rings (SSSR count). The number of fused-ring (bicyclic) bond motifs is 1. The van der Waals surface area contributed by atoms with Gasteiger partial charge in [0.25, 0.3) is 5.91 Å². The quantitative estimate of drug-likeness (QED) is 0.776. The molecule has 0 aliphatic heterocycles. The Morgan fingerprint density at radius 3 is 2.44 bits per heavy atom. The molecule has 0 aromatic heterocycles. The highest BCUT2D eigenvalue weighted by molar-refractivity contribution is 6.03. The number of hydrogen-bond acceptors (Lipinski definition) is 2. The number of carbonyl (C=O) groups is 2. The minimum Gasteiger partial charge on any atom is -0.295 e. The SMILES string of the molecule is Cc1cc2ccccc2cc1C(=O)NC=O. The van der Waals surface area contributed by atoms with Crippen LogP contribution in [0, 0.1) is 6.92 Å². The third-order valence-corrected chi connectivity index (χ3v) is 2.53. The molecule has 2 aromatic rings. The number of aryl methyl sites for hydroxylation is 1. The molecule has 2 aromatic carbocycles. The summed E-state index contributed by atoms with van der Waals surface area (Å²) < 4.78 is 0. The van der Waals surface area contributed by atoms with Gasteiger partial charge >= 0.3 is 0 Å². The molecule has 80 valence electrons. The molecular formula is C13H11NO2. The van der Waals surface area contributed by atoms with Crippen molar-refractivity contribution in [2.75, 3.05) is 0 Å². The van der Waals surface area contributed by atoms with Crippen LogP contribution in [-0.2, 0) is 4.79 Å². The number of carbonyl (C=O) groups excluding carboxylic acids is 2. The monoisotopic (exact) mass is 213 g/mol. The second-order valence-electron chi connectivity index (χ2n) is 3.61. The highest BCUT2D eigenvalue weighted by Crippen LogP contribution is 2.19. The first-order valence-electron chi connectivity index (χ1n) is 4.96. The van der Waals surface area contributed by atoms with Crippen LogP contribution in [0.15, 0.2) is 36.4 Å². The molecule has 0 bridgehead atoms. The van der Waals surface area contributed by atoms with Gasteiger partial charge in [0, 0.05) is 5.56 Å². The van der Waals surface area contributed by atoms with Gasteiger partial charge in [-0.15, -0.1) is 0 Å². The predicted octanol–water partition coefficient (Wildman–Crippen LogP) is 2.03. The van der Waals surface area contributed by atoms with Gasteiger partial charge in [0.15, 0.2) is 0 Å². The van der Waals surface area contributed by atoms with Crippen molar-refractivity contribution in [3.63, 3.8) is 0 Å². The molecule has 0 saturated heterocycles. The second-order valence-corrected chi connectivity index (χ2v) is 3.61. The predicted molar refractivity (Wildman–Crippen MR) is 62.2 cm³/mol. The fourth-order valence-electron chi connectivity index (χ4n) is 1.73. The first-order chi connectivity index (χ1) is 7.72. The van der Waals surface area contributed by atoms with Crippen LogP contribution in [0.2, 0.25) is 0 Å². The largest absolute Gasteiger partial charge is 0.295 e. The van der Waals surface area contributed by atoms with Crippen molar-refractivity contribution < 1.29 is 9.59 Å². The van der Waals surface area contributed by atoms with E-state index in [1.165, 1.54) is 0 Å². The number of imide groups is 1. The van der Waals surface area contributed by atoms with Gasteiger partial charge < -0.3 is 0 Å². The maximum atomic E-state index is 11.6. The van der Waals surface area contributed by atoms with Gasteiger partial charge in [0.05, 0.1) is 0 Å². The van der Waals surface area contributed by atoms with Crippen molar-refractivity contribution in [3.05, 3.63) is 47.5 Å². The summed E-state index contributed by atoms with van der Waals surface area (Å²) in [7, 11) is 0. The van der Waals surface area contributed by atoms with Gasteiger partial charge in [-0.25, -0.2) is 0 Å². The summed E-state index contributed by atoms with van der Waals surface area (Å²) in [5.74, 6) is -0.363. The third-order valence-electron chi connectivity index (χ3n) is 2.53. The van der Waals surface area contributed by atoms with Crippen molar-refractivity contribution in [1.82, 2.24) is 5.32 Å². The van der Waals surface area contributed by atoms with Gasteiger partial charge in [0.1, 0.15) is 0 Å². The zero-order valence-corrected chi connectivity index (χ0v) is 8.86. The number of nitrogens with one attached hydrogen (secondary N) is 1. The lowest BCUT2D eigenvalue weighted by Crippen LogP contribution is -2.22. The van der Waals surface area contributed by atoms with Crippen molar-refractivity contribution in [2.45, 2.75) is 6.92 Å². The molecule has 16 heavy (non-hydrogen) atoms. The molecule has 0 saturated carbocycles. The second kappa shape index (κ2) is 4.14. The number of rotatable bonds is 2.